The SMILES string of the molecule is CCC(CC)(CO)CNCc1ccc(C#N)s1. The molecule has 2 N–H and O–H groups in total. The topological polar surface area (TPSA) is 56.0 Å². The van der Waals surface area contributed by atoms with E-state index >= 15 is 0 Å². The lowest BCUT2D eigenvalue weighted by Gasteiger charge is -2.29. The van der Waals surface area contributed by atoms with Gasteiger partial charge in [-0.05, 0) is 25.0 Å². The molecule has 0 aliphatic rings. The second-order valence-electron chi connectivity index (χ2n) is 4.35. The molecule has 0 saturated heterocycles. The summed E-state index contributed by atoms with van der Waals surface area (Å²) >= 11 is 1.52. The molecule has 94 valence electrons. The van der Waals surface area contributed by atoms with Crippen LogP contribution in [-0.2, 0) is 6.54 Å². The van der Waals surface area contributed by atoms with E-state index < -0.39 is 0 Å². The quantitative estimate of drug-likeness (QED) is 0.784. The zero-order chi connectivity index (χ0) is 12.7. The van der Waals surface area contributed by atoms with Gasteiger partial charge in [-0.2, -0.15) is 5.26 Å². The van der Waals surface area contributed by atoms with Crippen molar-refractivity contribution < 1.29 is 5.11 Å². The maximum Gasteiger partial charge on any atom is 0.110 e. The van der Waals surface area contributed by atoms with E-state index in [1.807, 2.05) is 12.1 Å². The van der Waals surface area contributed by atoms with Crippen LogP contribution in [-0.4, -0.2) is 18.3 Å². The number of hydrogen-bond donors (Lipinski definition) is 2. The molecule has 3 nitrogen and oxygen atoms in total. The van der Waals surface area contributed by atoms with E-state index in [0.29, 0.717) is 0 Å². The van der Waals surface area contributed by atoms with Crippen LogP contribution in [0.4, 0.5) is 0 Å². The van der Waals surface area contributed by atoms with E-state index in [9.17, 15) is 5.11 Å². The lowest BCUT2D eigenvalue weighted by atomic mass is 9.83. The van der Waals surface area contributed by atoms with Crippen LogP contribution in [0.5, 0.6) is 0 Å². The molecule has 17 heavy (non-hydrogen) atoms. The van der Waals surface area contributed by atoms with Crippen molar-refractivity contribution in [2.75, 3.05) is 13.2 Å². The van der Waals surface area contributed by atoms with Gasteiger partial charge in [-0.15, -0.1) is 11.3 Å². The molecule has 0 amide bonds. The zero-order valence-corrected chi connectivity index (χ0v) is 11.3. The fraction of sp³-hybridized carbons (Fsp3) is 0.615. The summed E-state index contributed by atoms with van der Waals surface area (Å²) in [5.41, 5.74) is -0.00464. The molecule has 0 saturated carbocycles. The number of thiophene rings is 1. The van der Waals surface area contributed by atoms with Crippen molar-refractivity contribution in [3.8, 4) is 6.07 Å². The van der Waals surface area contributed by atoms with Crippen molar-refractivity contribution in [1.82, 2.24) is 5.32 Å². The Balaban J connectivity index is 2.44. The zero-order valence-electron chi connectivity index (χ0n) is 10.5. The normalized spacial score (nSPS) is 11.4. The molecular formula is C13H20N2OS. The van der Waals surface area contributed by atoms with Gasteiger partial charge in [0.25, 0.3) is 0 Å². The van der Waals surface area contributed by atoms with Gasteiger partial charge in [0, 0.05) is 30.0 Å². The highest BCUT2D eigenvalue weighted by Crippen LogP contribution is 2.24. The molecular weight excluding hydrogens is 232 g/mol. The van der Waals surface area contributed by atoms with Gasteiger partial charge >= 0.3 is 0 Å². The molecule has 0 unspecified atom stereocenters. The van der Waals surface area contributed by atoms with Gasteiger partial charge in [-0.25, -0.2) is 0 Å². The summed E-state index contributed by atoms with van der Waals surface area (Å²) in [5, 5.41) is 21.5. The fourth-order valence-electron chi connectivity index (χ4n) is 1.76. The molecule has 0 bridgehead atoms. The Morgan fingerprint density at radius 1 is 1.41 bits per heavy atom. The average Bonchev–Trinajstić information content (AvgIpc) is 2.83. The van der Waals surface area contributed by atoms with E-state index in [-0.39, 0.29) is 12.0 Å². The van der Waals surface area contributed by atoms with Crippen LogP contribution >= 0.6 is 11.3 Å². The fourth-order valence-corrected chi connectivity index (χ4v) is 2.54. The summed E-state index contributed by atoms with van der Waals surface area (Å²) in [4.78, 5) is 1.92. The molecule has 0 aliphatic carbocycles. The van der Waals surface area contributed by atoms with Crippen LogP contribution in [0, 0.1) is 16.7 Å². The number of aliphatic hydroxyl groups is 1. The van der Waals surface area contributed by atoms with Crippen LogP contribution in [0.25, 0.3) is 0 Å². The summed E-state index contributed by atoms with van der Waals surface area (Å²) in [5.74, 6) is 0. The third kappa shape index (κ3) is 3.81. The Kier molecular flexibility index (Phi) is 5.63. The molecule has 0 aromatic carbocycles. The molecule has 4 heteroatoms. The number of nitrogens with one attached hydrogen (secondary N) is 1. The Bertz CT molecular complexity index is 369. The van der Waals surface area contributed by atoms with E-state index in [2.05, 4.69) is 25.2 Å². The number of aliphatic hydroxyl groups excluding tert-OH is 1. The van der Waals surface area contributed by atoms with Gasteiger partial charge in [0.05, 0.1) is 0 Å². The van der Waals surface area contributed by atoms with Gasteiger partial charge < -0.3 is 10.4 Å². The Labute approximate surface area is 107 Å². The highest BCUT2D eigenvalue weighted by molar-refractivity contribution is 7.12. The predicted molar refractivity (Wildman–Crippen MR) is 70.8 cm³/mol. The summed E-state index contributed by atoms with van der Waals surface area (Å²) in [6.45, 7) is 6.03. The number of hydrogen-bond acceptors (Lipinski definition) is 4. The van der Waals surface area contributed by atoms with E-state index in [0.717, 1.165) is 30.8 Å². The third-order valence-corrected chi connectivity index (χ3v) is 4.40. The molecule has 1 aromatic rings. The van der Waals surface area contributed by atoms with Gasteiger partial charge in [0.2, 0.25) is 0 Å². The van der Waals surface area contributed by atoms with Crippen LogP contribution in [0.1, 0.15) is 36.4 Å². The molecule has 0 spiro atoms. The maximum atomic E-state index is 9.44. The summed E-state index contributed by atoms with van der Waals surface area (Å²) in [7, 11) is 0. The van der Waals surface area contributed by atoms with Crippen LogP contribution in [0.2, 0.25) is 0 Å². The Morgan fingerprint density at radius 3 is 2.59 bits per heavy atom. The van der Waals surface area contributed by atoms with Crippen molar-refractivity contribution >= 4 is 11.3 Å². The van der Waals surface area contributed by atoms with Gasteiger partial charge in [-0.3, -0.25) is 0 Å². The number of nitriles is 1. The van der Waals surface area contributed by atoms with Crippen LogP contribution in [0.3, 0.4) is 0 Å². The minimum atomic E-state index is -0.00464. The first-order chi connectivity index (χ1) is 8.19. The highest BCUT2D eigenvalue weighted by atomic mass is 32.1. The Morgan fingerprint density at radius 2 is 2.12 bits per heavy atom. The van der Waals surface area contributed by atoms with Crippen molar-refractivity contribution in [3.63, 3.8) is 0 Å². The first kappa shape index (κ1) is 14.2. The summed E-state index contributed by atoms with van der Waals surface area (Å²) < 4.78 is 0. The van der Waals surface area contributed by atoms with E-state index in [1.54, 1.807) is 0 Å². The molecule has 1 heterocycles. The first-order valence-electron chi connectivity index (χ1n) is 6.00. The largest absolute Gasteiger partial charge is 0.396 e. The van der Waals surface area contributed by atoms with Gasteiger partial charge in [0.15, 0.2) is 0 Å². The van der Waals surface area contributed by atoms with E-state index in [1.165, 1.54) is 16.2 Å². The predicted octanol–water partition coefficient (Wildman–Crippen LogP) is 2.51. The third-order valence-electron chi connectivity index (χ3n) is 3.41. The Hall–Kier alpha value is -0.890. The van der Waals surface area contributed by atoms with Crippen molar-refractivity contribution in [1.29, 1.82) is 5.26 Å². The molecule has 0 aliphatic heterocycles. The second-order valence-corrected chi connectivity index (χ2v) is 5.51. The minimum absolute atomic E-state index is 0.00464. The summed E-state index contributed by atoms with van der Waals surface area (Å²) in [6, 6.07) is 5.97. The molecule has 0 atom stereocenters. The number of rotatable bonds is 7. The van der Waals surface area contributed by atoms with E-state index in [4.69, 9.17) is 5.26 Å². The highest BCUT2D eigenvalue weighted by Gasteiger charge is 2.24. The second kappa shape index (κ2) is 6.75. The lowest BCUT2D eigenvalue weighted by molar-refractivity contribution is 0.113. The smallest absolute Gasteiger partial charge is 0.110 e. The van der Waals surface area contributed by atoms with Crippen LogP contribution < -0.4 is 5.32 Å². The average molecular weight is 252 g/mol. The molecule has 1 aromatic heterocycles. The van der Waals surface area contributed by atoms with Crippen molar-refractivity contribution in [2.45, 2.75) is 33.2 Å². The summed E-state index contributed by atoms with van der Waals surface area (Å²) in [6.07, 6.45) is 1.95. The lowest BCUT2D eigenvalue weighted by Crippen LogP contribution is -2.36. The van der Waals surface area contributed by atoms with Gasteiger partial charge in [0.1, 0.15) is 10.9 Å². The maximum absolute atomic E-state index is 9.44. The molecule has 1 rings (SSSR count). The van der Waals surface area contributed by atoms with Crippen LogP contribution in [0.15, 0.2) is 12.1 Å². The molecule has 0 radical (unpaired) electrons. The van der Waals surface area contributed by atoms with Crippen molar-refractivity contribution in [3.05, 3.63) is 21.9 Å². The minimum Gasteiger partial charge on any atom is -0.396 e. The standard InChI is InChI=1S/C13H20N2OS/c1-3-13(4-2,10-16)9-15-8-12-6-5-11(7-14)17-12/h5-6,15-16H,3-4,8-10H2,1-2H3. The number of nitrogens with zero attached hydrogens (tertiary/aromatic N) is 1. The first-order valence-corrected chi connectivity index (χ1v) is 6.81. The monoisotopic (exact) mass is 252 g/mol. The van der Waals surface area contributed by atoms with Gasteiger partial charge in [-0.1, -0.05) is 13.8 Å². The van der Waals surface area contributed by atoms with Crippen molar-refractivity contribution in [2.24, 2.45) is 5.41 Å². The molecule has 0 fully saturated rings.